The van der Waals surface area contributed by atoms with Gasteiger partial charge >= 0.3 is 5.97 Å². The first kappa shape index (κ1) is 22.3. The van der Waals surface area contributed by atoms with Gasteiger partial charge in [-0.3, -0.25) is 9.59 Å². The van der Waals surface area contributed by atoms with Gasteiger partial charge in [-0.1, -0.05) is 12.1 Å². The number of carbonyl (C=O) groups is 3. The minimum absolute atomic E-state index is 0.00655. The second kappa shape index (κ2) is 9.32. The Labute approximate surface area is 188 Å². The Balaban J connectivity index is 1.48. The van der Waals surface area contributed by atoms with Crippen molar-refractivity contribution in [1.29, 1.82) is 0 Å². The highest BCUT2D eigenvalue weighted by molar-refractivity contribution is 5.99. The van der Waals surface area contributed by atoms with Crippen molar-refractivity contribution >= 4 is 23.6 Å². The lowest BCUT2D eigenvalue weighted by molar-refractivity contribution is -0.128. The van der Waals surface area contributed by atoms with Crippen LogP contribution in [0.2, 0.25) is 0 Å². The zero-order valence-electron chi connectivity index (χ0n) is 17.6. The summed E-state index contributed by atoms with van der Waals surface area (Å²) in [6.45, 7) is 0.171. The molecule has 0 saturated heterocycles. The van der Waals surface area contributed by atoms with Crippen molar-refractivity contribution in [3.8, 4) is 0 Å². The van der Waals surface area contributed by atoms with Gasteiger partial charge in [-0.05, 0) is 55.2 Å². The number of benzene rings is 1. The number of hydrogen-bond donors (Lipinski definition) is 2. The molecule has 0 bridgehead atoms. The molecule has 7 nitrogen and oxygen atoms in total. The van der Waals surface area contributed by atoms with Gasteiger partial charge in [-0.15, -0.1) is 0 Å². The number of hydrogen-bond acceptors (Lipinski definition) is 4. The third-order valence-electron chi connectivity index (χ3n) is 5.72. The Kier molecular flexibility index (Phi) is 6.30. The Morgan fingerprint density at radius 3 is 2.58 bits per heavy atom. The van der Waals surface area contributed by atoms with E-state index in [4.69, 9.17) is 5.11 Å². The van der Waals surface area contributed by atoms with Crippen LogP contribution in [0.25, 0.3) is 0 Å². The summed E-state index contributed by atoms with van der Waals surface area (Å²) in [5.41, 5.74) is 1.44. The Morgan fingerprint density at radius 1 is 1.15 bits per heavy atom. The molecule has 1 aromatic carbocycles. The number of carboxylic acid groups (broad SMARTS) is 1. The van der Waals surface area contributed by atoms with E-state index >= 15 is 0 Å². The molecule has 9 heteroatoms. The maximum atomic E-state index is 14.7. The number of amides is 2. The molecule has 2 aromatic rings. The molecule has 2 N–H and O–H groups in total. The minimum Gasteiger partial charge on any atom is -0.478 e. The first-order valence-electron chi connectivity index (χ1n) is 10.5. The van der Waals surface area contributed by atoms with Crippen molar-refractivity contribution in [3.05, 3.63) is 82.6 Å². The third kappa shape index (κ3) is 4.82. The Bertz CT molecular complexity index is 1160. The Morgan fingerprint density at radius 2 is 1.91 bits per heavy atom. The predicted octanol–water partition coefficient (Wildman–Crippen LogP) is 3.99. The minimum atomic E-state index is -1.13. The van der Waals surface area contributed by atoms with Crippen LogP contribution in [0, 0.1) is 5.82 Å². The first-order chi connectivity index (χ1) is 15.8. The molecule has 1 aliphatic heterocycles. The molecule has 1 aliphatic carbocycles. The number of allylic oxidation sites excluding steroid dienone is 1. The molecule has 1 aromatic heterocycles. The van der Waals surface area contributed by atoms with Gasteiger partial charge in [0.1, 0.15) is 17.5 Å². The van der Waals surface area contributed by atoms with Gasteiger partial charge in [0.05, 0.1) is 11.6 Å². The summed E-state index contributed by atoms with van der Waals surface area (Å²) in [5, 5.41) is 11.5. The lowest BCUT2D eigenvalue weighted by Crippen LogP contribution is -2.36. The van der Waals surface area contributed by atoms with Gasteiger partial charge in [-0.25, -0.2) is 18.6 Å². The van der Waals surface area contributed by atoms with Gasteiger partial charge in [0.25, 0.3) is 5.91 Å². The summed E-state index contributed by atoms with van der Waals surface area (Å²) in [7, 11) is 0. The number of aromatic carboxylic acids is 1. The monoisotopic (exact) mass is 453 g/mol. The number of aromatic nitrogens is 1. The van der Waals surface area contributed by atoms with E-state index < -0.39 is 29.6 Å². The van der Waals surface area contributed by atoms with Crippen LogP contribution in [-0.4, -0.2) is 38.8 Å². The molecule has 1 atom stereocenters. The van der Waals surface area contributed by atoms with E-state index in [2.05, 4.69) is 10.3 Å². The number of rotatable bonds is 7. The van der Waals surface area contributed by atoms with Crippen LogP contribution < -0.4 is 5.32 Å². The van der Waals surface area contributed by atoms with E-state index in [1.54, 1.807) is 12.1 Å². The smallest absolute Gasteiger partial charge is 0.337 e. The number of pyridine rings is 1. The van der Waals surface area contributed by atoms with E-state index in [9.17, 15) is 23.2 Å². The highest BCUT2D eigenvalue weighted by Gasteiger charge is 2.41. The average Bonchev–Trinajstić information content (AvgIpc) is 3.06. The fourth-order valence-electron chi connectivity index (χ4n) is 4.12. The second-order valence-electron chi connectivity index (χ2n) is 7.88. The van der Waals surface area contributed by atoms with Crippen molar-refractivity contribution in [2.45, 2.75) is 38.3 Å². The van der Waals surface area contributed by atoms with E-state index in [-0.39, 0.29) is 36.7 Å². The number of anilines is 1. The van der Waals surface area contributed by atoms with E-state index in [1.807, 2.05) is 0 Å². The molecule has 2 aliphatic rings. The zero-order valence-corrected chi connectivity index (χ0v) is 17.6. The quantitative estimate of drug-likeness (QED) is 0.660. The van der Waals surface area contributed by atoms with Gasteiger partial charge in [0, 0.05) is 30.3 Å². The summed E-state index contributed by atoms with van der Waals surface area (Å²) in [6.07, 6.45) is 3.64. The topological polar surface area (TPSA) is 99.6 Å². The molecule has 0 spiro atoms. The van der Waals surface area contributed by atoms with Crippen molar-refractivity contribution in [2.24, 2.45) is 0 Å². The molecule has 2 amide bonds. The van der Waals surface area contributed by atoms with E-state index in [0.717, 1.165) is 6.20 Å². The van der Waals surface area contributed by atoms with Crippen molar-refractivity contribution in [3.63, 3.8) is 0 Å². The van der Waals surface area contributed by atoms with Crippen molar-refractivity contribution in [1.82, 2.24) is 9.88 Å². The molecular weight excluding hydrogens is 432 g/mol. The van der Waals surface area contributed by atoms with Crippen LogP contribution in [0.5, 0.6) is 0 Å². The lowest BCUT2D eigenvalue weighted by Gasteiger charge is -2.27. The van der Waals surface area contributed by atoms with Crippen LogP contribution in [0.1, 0.15) is 41.6 Å². The van der Waals surface area contributed by atoms with Gasteiger partial charge in [-0.2, -0.15) is 0 Å². The van der Waals surface area contributed by atoms with E-state index in [1.165, 1.54) is 35.2 Å². The molecule has 0 saturated carbocycles. The van der Waals surface area contributed by atoms with Crippen LogP contribution >= 0.6 is 0 Å². The van der Waals surface area contributed by atoms with Gasteiger partial charge < -0.3 is 15.3 Å². The summed E-state index contributed by atoms with van der Waals surface area (Å²) in [6, 6.07) is 7.83. The predicted molar refractivity (Wildman–Crippen MR) is 115 cm³/mol. The summed E-state index contributed by atoms with van der Waals surface area (Å²) < 4.78 is 28.0. The Hall–Kier alpha value is -3.88. The lowest BCUT2D eigenvalue weighted by atomic mass is 9.93. The maximum Gasteiger partial charge on any atom is 0.337 e. The molecule has 4 rings (SSSR count). The largest absolute Gasteiger partial charge is 0.478 e. The van der Waals surface area contributed by atoms with E-state index in [0.29, 0.717) is 29.6 Å². The van der Waals surface area contributed by atoms with Crippen LogP contribution in [0.4, 0.5) is 14.6 Å². The normalized spacial score (nSPS) is 17.6. The number of carboxylic acids is 1. The number of nitrogens with one attached hydrogen (secondary N) is 1. The zero-order chi connectivity index (χ0) is 23.5. The van der Waals surface area contributed by atoms with Crippen molar-refractivity contribution < 1.29 is 28.3 Å². The average molecular weight is 453 g/mol. The summed E-state index contributed by atoms with van der Waals surface area (Å²) >= 11 is 0. The van der Waals surface area contributed by atoms with Crippen LogP contribution in [0.3, 0.4) is 0 Å². The second-order valence-corrected chi connectivity index (χ2v) is 7.88. The number of halogens is 2. The fraction of sp³-hybridized carbons (Fsp3) is 0.250. The van der Waals surface area contributed by atoms with Crippen LogP contribution in [-0.2, 0) is 16.1 Å². The molecule has 2 heterocycles. The van der Waals surface area contributed by atoms with Gasteiger partial charge in [0.2, 0.25) is 5.91 Å². The highest BCUT2D eigenvalue weighted by atomic mass is 19.1. The summed E-state index contributed by atoms with van der Waals surface area (Å²) in [4.78, 5) is 41.9. The summed E-state index contributed by atoms with van der Waals surface area (Å²) in [5.74, 6) is -2.43. The first-order valence-corrected chi connectivity index (χ1v) is 10.5. The molecule has 0 radical (unpaired) electrons. The molecule has 1 unspecified atom stereocenters. The third-order valence-corrected chi connectivity index (χ3v) is 5.72. The number of carbonyl (C=O) groups excluding carboxylic acids is 2. The fourth-order valence-corrected chi connectivity index (χ4v) is 4.12. The van der Waals surface area contributed by atoms with Gasteiger partial charge in [0.15, 0.2) is 0 Å². The van der Waals surface area contributed by atoms with Crippen LogP contribution in [0.15, 0.2) is 65.6 Å². The van der Waals surface area contributed by atoms with Crippen molar-refractivity contribution in [2.75, 3.05) is 5.32 Å². The maximum absolute atomic E-state index is 14.7. The highest BCUT2D eigenvalue weighted by Crippen LogP contribution is 2.40. The molecule has 0 fully saturated rings. The standard InChI is InChI=1S/C24H21F2N3O4/c25-16-7-4-14(5-8-16)13-29-19(22-17(23(29)31)2-1-3-18(22)26)9-11-21(30)28-20-10-6-15(12-27-20)24(32)33/h3-8,10,12,19H,1-2,9,11,13H2,(H,32,33)(H,27,28,30). The molecular formula is C24H21F2N3O4. The number of nitrogens with zero attached hydrogens (tertiary/aromatic N) is 2. The molecule has 33 heavy (non-hydrogen) atoms. The SMILES string of the molecule is O=C(CCC1C2=C(CCC=C2F)C(=O)N1Cc1ccc(F)cc1)Nc1ccc(C(=O)O)cn1. The molecule has 170 valence electrons.